The van der Waals surface area contributed by atoms with E-state index in [1.54, 1.807) is 42.9 Å². The van der Waals surface area contributed by atoms with E-state index in [-0.39, 0.29) is 12.2 Å². The standard InChI is InChI=1S/C24H24N2O5S2/c1-5-30-21-16(10-7-11-17(21)29-4)20-19(23(28)31-6-2)14(3)25-24-26(20)22(27)18(33-24)13-15-9-8-12-32-15/h7-13,20H,5-6H2,1-4H3/b18-13-/t20-/m0/s1. The third-order valence-corrected chi connectivity index (χ3v) is 6.95. The number of thiazole rings is 1. The first-order valence-electron chi connectivity index (χ1n) is 10.5. The number of methoxy groups -OCH3 is 1. The molecule has 7 nitrogen and oxygen atoms in total. The van der Waals surface area contributed by atoms with Crippen LogP contribution in [0.25, 0.3) is 6.08 Å². The average Bonchev–Trinajstić information content (AvgIpc) is 3.41. The van der Waals surface area contributed by atoms with Gasteiger partial charge in [0.05, 0.1) is 36.1 Å². The highest BCUT2D eigenvalue weighted by Gasteiger charge is 2.35. The molecule has 0 N–H and O–H groups in total. The number of nitrogens with zero attached hydrogens (tertiary/aromatic N) is 2. The third kappa shape index (κ3) is 4.26. The quantitative estimate of drug-likeness (QED) is 0.481. The van der Waals surface area contributed by atoms with Gasteiger partial charge in [0.1, 0.15) is 6.04 Å². The van der Waals surface area contributed by atoms with Crippen molar-refractivity contribution in [1.82, 2.24) is 4.57 Å². The van der Waals surface area contributed by atoms with Crippen LogP contribution < -0.4 is 24.4 Å². The Morgan fingerprint density at radius 2 is 2.03 bits per heavy atom. The maximum Gasteiger partial charge on any atom is 0.338 e. The fourth-order valence-corrected chi connectivity index (χ4v) is 5.57. The van der Waals surface area contributed by atoms with Gasteiger partial charge in [-0.05, 0) is 44.4 Å². The Labute approximate surface area is 198 Å². The van der Waals surface area contributed by atoms with Gasteiger partial charge in [-0.15, -0.1) is 11.3 Å². The highest BCUT2D eigenvalue weighted by atomic mass is 32.1. The Morgan fingerprint density at radius 1 is 1.21 bits per heavy atom. The maximum atomic E-state index is 13.6. The van der Waals surface area contributed by atoms with Crippen LogP contribution in [0.3, 0.4) is 0 Å². The van der Waals surface area contributed by atoms with Crippen LogP contribution in [-0.2, 0) is 9.53 Å². The molecule has 0 saturated carbocycles. The second kappa shape index (κ2) is 9.76. The lowest BCUT2D eigenvalue weighted by atomic mass is 9.94. The van der Waals surface area contributed by atoms with Crippen LogP contribution in [-0.4, -0.2) is 30.9 Å². The van der Waals surface area contributed by atoms with Crippen molar-refractivity contribution in [2.24, 2.45) is 4.99 Å². The number of allylic oxidation sites excluding steroid dienone is 1. The molecule has 33 heavy (non-hydrogen) atoms. The SMILES string of the molecule is CCOC(=O)C1=C(C)N=c2s/c(=C\c3cccs3)c(=O)n2[C@H]1c1cccc(OC)c1OCC. The van der Waals surface area contributed by atoms with Crippen molar-refractivity contribution in [2.45, 2.75) is 26.8 Å². The van der Waals surface area contributed by atoms with Gasteiger partial charge in [0.2, 0.25) is 0 Å². The summed E-state index contributed by atoms with van der Waals surface area (Å²) in [6.45, 7) is 5.98. The second-order valence-electron chi connectivity index (χ2n) is 7.13. The Hall–Kier alpha value is -3.17. The zero-order valence-electron chi connectivity index (χ0n) is 18.8. The van der Waals surface area contributed by atoms with Crippen molar-refractivity contribution in [3.05, 3.63) is 77.1 Å². The van der Waals surface area contributed by atoms with Crippen molar-refractivity contribution in [3.8, 4) is 11.5 Å². The van der Waals surface area contributed by atoms with Crippen LogP contribution in [0.5, 0.6) is 11.5 Å². The molecule has 1 aliphatic heterocycles. The summed E-state index contributed by atoms with van der Waals surface area (Å²) in [4.78, 5) is 32.8. The number of benzene rings is 1. The summed E-state index contributed by atoms with van der Waals surface area (Å²) < 4.78 is 18.9. The molecule has 1 aliphatic rings. The summed E-state index contributed by atoms with van der Waals surface area (Å²) in [5.41, 5.74) is 1.22. The van der Waals surface area contributed by atoms with Crippen LogP contribution in [0.1, 0.15) is 37.3 Å². The van der Waals surface area contributed by atoms with E-state index in [9.17, 15) is 9.59 Å². The summed E-state index contributed by atoms with van der Waals surface area (Å²) in [7, 11) is 1.56. The average molecular weight is 485 g/mol. The van der Waals surface area contributed by atoms with Crippen molar-refractivity contribution in [1.29, 1.82) is 0 Å². The normalized spacial score (nSPS) is 15.8. The van der Waals surface area contributed by atoms with E-state index in [2.05, 4.69) is 4.99 Å². The summed E-state index contributed by atoms with van der Waals surface area (Å²) in [5.74, 6) is 0.492. The van der Waals surface area contributed by atoms with Crippen LogP contribution in [0.15, 0.2) is 56.8 Å². The highest BCUT2D eigenvalue weighted by molar-refractivity contribution is 7.11. The number of hydrogen-bond donors (Lipinski definition) is 0. The lowest BCUT2D eigenvalue weighted by Crippen LogP contribution is -2.40. The number of thiophene rings is 1. The summed E-state index contributed by atoms with van der Waals surface area (Å²) in [6, 6.07) is 8.57. The van der Waals surface area contributed by atoms with E-state index < -0.39 is 12.0 Å². The first kappa shape index (κ1) is 23.0. The van der Waals surface area contributed by atoms with Gasteiger partial charge in [0.15, 0.2) is 16.3 Å². The van der Waals surface area contributed by atoms with Gasteiger partial charge >= 0.3 is 5.97 Å². The third-order valence-electron chi connectivity index (χ3n) is 5.15. The first-order valence-corrected chi connectivity index (χ1v) is 12.2. The van der Waals surface area contributed by atoms with Crippen LogP contribution in [0.2, 0.25) is 0 Å². The van der Waals surface area contributed by atoms with Gasteiger partial charge < -0.3 is 14.2 Å². The zero-order chi connectivity index (χ0) is 23.5. The molecular formula is C24H24N2O5S2. The van der Waals surface area contributed by atoms with Crippen molar-refractivity contribution in [3.63, 3.8) is 0 Å². The molecule has 0 saturated heterocycles. The van der Waals surface area contributed by atoms with Gasteiger partial charge in [-0.25, -0.2) is 9.79 Å². The predicted octanol–water partition coefficient (Wildman–Crippen LogP) is 3.27. The molecule has 172 valence electrons. The van der Waals surface area contributed by atoms with Gasteiger partial charge in [0.25, 0.3) is 5.56 Å². The molecule has 1 aromatic carbocycles. The number of fused-ring (bicyclic) bond motifs is 1. The first-order chi connectivity index (χ1) is 16.0. The molecule has 0 radical (unpaired) electrons. The lowest BCUT2D eigenvalue weighted by molar-refractivity contribution is -0.139. The van der Waals surface area contributed by atoms with Gasteiger partial charge in [-0.1, -0.05) is 29.5 Å². The molecule has 0 spiro atoms. The van der Waals surface area contributed by atoms with Crippen molar-refractivity contribution < 1.29 is 19.0 Å². The molecule has 0 unspecified atom stereocenters. The lowest BCUT2D eigenvalue weighted by Gasteiger charge is -2.26. The van der Waals surface area contributed by atoms with E-state index in [0.29, 0.717) is 44.3 Å². The zero-order valence-corrected chi connectivity index (χ0v) is 20.4. The van der Waals surface area contributed by atoms with Gasteiger partial charge in [-0.3, -0.25) is 9.36 Å². The molecule has 0 amide bonds. The molecule has 0 fully saturated rings. The van der Waals surface area contributed by atoms with Crippen LogP contribution >= 0.6 is 22.7 Å². The topological polar surface area (TPSA) is 79.1 Å². The molecule has 3 heterocycles. The maximum absolute atomic E-state index is 13.6. The number of esters is 1. The number of aromatic nitrogens is 1. The predicted molar refractivity (Wildman–Crippen MR) is 129 cm³/mol. The molecule has 0 bridgehead atoms. The number of rotatable bonds is 7. The molecule has 3 aromatic rings. The Morgan fingerprint density at radius 3 is 2.70 bits per heavy atom. The second-order valence-corrected chi connectivity index (χ2v) is 9.12. The summed E-state index contributed by atoms with van der Waals surface area (Å²) in [5, 5.41) is 1.96. The molecule has 0 aliphatic carbocycles. The Balaban J connectivity index is 2.03. The molecule has 9 heteroatoms. The fraction of sp³-hybridized carbons (Fsp3) is 0.292. The van der Waals surface area contributed by atoms with Gasteiger partial charge in [0, 0.05) is 10.4 Å². The monoisotopic (exact) mass is 484 g/mol. The van der Waals surface area contributed by atoms with Crippen molar-refractivity contribution in [2.75, 3.05) is 20.3 Å². The largest absolute Gasteiger partial charge is 0.493 e. The van der Waals surface area contributed by atoms with Crippen molar-refractivity contribution >= 4 is 34.7 Å². The number of ether oxygens (including phenoxy) is 3. The smallest absolute Gasteiger partial charge is 0.338 e. The van der Waals surface area contributed by atoms with E-state index in [4.69, 9.17) is 14.2 Å². The minimum absolute atomic E-state index is 0.210. The van der Waals surface area contributed by atoms with Crippen LogP contribution in [0.4, 0.5) is 0 Å². The number of para-hydroxylation sites is 1. The van der Waals surface area contributed by atoms with Crippen LogP contribution in [0, 0.1) is 0 Å². The van der Waals surface area contributed by atoms with E-state index >= 15 is 0 Å². The molecule has 1 atom stereocenters. The number of carbonyl (C=O) groups excluding carboxylic acids is 1. The Kier molecular flexibility index (Phi) is 6.80. The minimum atomic E-state index is -0.762. The van der Waals surface area contributed by atoms with E-state index in [1.165, 1.54) is 11.3 Å². The highest BCUT2D eigenvalue weighted by Crippen LogP contribution is 2.40. The Bertz CT molecular complexity index is 1380. The minimum Gasteiger partial charge on any atom is -0.493 e. The number of hydrogen-bond acceptors (Lipinski definition) is 8. The van der Waals surface area contributed by atoms with E-state index in [1.807, 2.05) is 42.6 Å². The molecular weight excluding hydrogens is 460 g/mol. The van der Waals surface area contributed by atoms with Gasteiger partial charge in [-0.2, -0.15) is 0 Å². The fourth-order valence-electron chi connectivity index (χ4n) is 3.80. The number of carbonyl (C=O) groups is 1. The molecule has 2 aromatic heterocycles. The summed E-state index contributed by atoms with van der Waals surface area (Å²) >= 11 is 2.84. The van der Waals surface area contributed by atoms with E-state index in [0.717, 1.165) is 4.88 Å². The molecule has 4 rings (SSSR count). The summed E-state index contributed by atoms with van der Waals surface area (Å²) in [6.07, 6.45) is 1.85.